The van der Waals surface area contributed by atoms with E-state index in [1.165, 1.54) is 12.8 Å². The molecule has 0 saturated heterocycles. The minimum Gasteiger partial charge on any atom is -0.384 e. The third-order valence-electron chi connectivity index (χ3n) is 2.45. The lowest BCUT2D eigenvalue weighted by molar-refractivity contribution is 0.743. The monoisotopic (exact) mass is 234 g/mol. The van der Waals surface area contributed by atoms with Crippen LogP contribution >= 0.6 is 11.8 Å². The molecule has 0 heterocycles. The third kappa shape index (κ3) is 3.46. The first-order chi connectivity index (χ1) is 7.83. The van der Waals surface area contributed by atoms with E-state index in [4.69, 9.17) is 5.26 Å². The Balaban J connectivity index is 2.68. The van der Waals surface area contributed by atoms with Crippen molar-refractivity contribution >= 4 is 17.4 Å². The summed E-state index contributed by atoms with van der Waals surface area (Å²) in [6, 6.07) is 8.23. The molecule has 0 unspecified atom stereocenters. The predicted octanol–water partition coefficient (Wildman–Crippen LogP) is 3.88. The Morgan fingerprint density at radius 1 is 1.38 bits per heavy atom. The zero-order valence-electron chi connectivity index (χ0n) is 9.92. The summed E-state index contributed by atoms with van der Waals surface area (Å²) in [5.41, 5.74) is 1.73. The highest BCUT2D eigenvalue weighted by Gasteiger charge is 2.05. The summed E-state index contributed by atoms with van der Waals surface area (Å²) in [6.45, 7) is 3.13. The van der Waals surface area contributed by atoms with Crippen molar-refractivity contribution in [1.29, 1.82) is 5.26 Å². The van der Waals surface area contributed by atoms with Gasteiger partial charge in [0.2, 0.25) is 0 Å². The summed E-state index contributed by atoms with van der Waals surface area (Å²) in [6.07, 6.45) is 5.61. The number of nitrogens with zero attached hydrogens (tertiary/aromatic N) is 1. The van der Waals surface area contributed by atoms with E-state index >= 15 is 0 Å². The van der Waals surface area contributed by atoms with Crippen molar-refractivity contribution in [2.24, 2.45) is 0 Å². The number of thioether (sulfide) groups is 1. The molecule has 0 amide bonds. The summed E-state index contributed by atoms with van der Waals surface area (Å²) in [5, 5.41) is 12.5. The zero-order chi connectivity index (χ0) is 11.8. The number of nitriles is 1. The maximum absolute atomic E-state index is 9.13. The Hall–Kier alpha value is -1.14. The van der Waals surface area contributed by atoms with E-state index in [1.54, 1.807) is 11.8 Å². The molecule has 2 nitrogen and oxygen atoms in total. The fourth-order valence-electron chi connectivity index (χ4n) is 1.56. The molecule has 3 heteroatoms. The average Bonchev–Trinajstić information content (AvgIpc) is 2.34. The smallest absolute Gasteiger partial charge is 0.102 e. The molecule has 86 valence electrons. The minimum atomic E-state index is 0.770. The van der Waals surface area contributed by atoms with E-state index in [9.17, 15) is 0 Å². The van der Waals surface area contributed by atoms with Crippen LogP contribution in [0.4, 0.5) is 5.69 Å². The fraction of sp³-hybridized carbons (Fsp3) is 0.462. The van der Waals surface area contributed by atoms with Gasteiger partial charge in [0.05, 0.1) is 11.3 Å². The lowest BCUT2D eigenvalue weighted by Gasteiger charge is -2.10. The topological polar surface area (TPSA) is 35.8 Å². The number of anilines is 1. The Kier molecular flexibility index (Phi) is 5.81. The summed E-state index contributed by atoms with van der Waals surface area (Å²) in [7, 11) is 0. The van der Waals surface area contributed by atoms with Crippen LogP contribution in [-0.2, 0) is 0 Å². The average molecular weight is 234 g/mol. The Morgan fingerprint density at radius 3 is 2.81 bits per heavy atom. The van der Waals surface area contributed by atoms with Gasteiger partial charge in [0.15, 0.2) is 0 Å². The van der Waals surface area contributed by atoms with Gasteiger partial charge in [-0.1, -0.05) is 25.8 Å². The molecule has 0 aliphatic carbocycles. The summed E-state index contributed by atoms with van der Waals surface area (Å²) in [5.74, 6) is 0. The van der Waals surface area contributed by atoms with Gasteiger partial charge in [-0.25, -0.2) is 0 Å². The fourth-order valence-corrected chi connectivity index (χ4v) is 2.14. The van der Waals surface area contributed by atoms with Crippen LogP contribution in [0.1, 0.15) is 31.7 Å². The molecular weight excluding hydrogens is 216 g/mol. The normalized spacial score (nSPS) is 9.81. The van der Waals surface area contributed by atoms with Crippen LogP contribution in [0.3, 0.4) is 0 Å². The van der Waals surface area contributed by atoms with Crippen molar-refractivity contribution in [3.63, 3.8) is 0 Å². The van der Waals surface area contributed by atoms with Crippen molar-refractivity contribution < 1.29 is 0 Å². The molecule has 0 bridgehead atoms. The lowest BCUT2D eigenvalue weighted by Crippen LogP contribution is -2.03. The SMILES string of the molecule is CCCCCNc1cccc(SC)c1C#N. The third-order valence-corrected chi connectivity index (χ3v) is 3.23. The highest BCUT2D eigenvalue weighted by Crippen LogP contribution is 2.26. The summed E-state index contributed by atoms with van der Waals surface area (Å²) in [4.78, 5) is 1.04. The molecule has 0 aromatic heterocycles. The molecule has 0 aliphatic rings. The first-order valence-electron chi connectivity index (χ1n) is 5.64. The van der Waals surface area contributed by atoms with E-state index in [0.717, 1.165) is 29.1 Å². The van der Waals surface area contributed by atoms with Gasteiger partial charge >= 0.3 is 0 Å². The number of hydrogen-bond acceptors (Lipinski definition) is 3. The zero-order valence-corrected chi connectivity index (χ0v) is 10.7. The second-order valence-electron chi connectivity index (χ2n) is 3.63. The quantitative estimate of drug-likeness (QED) is 0.599. The molecule has 0 atom stereocenters. The van der Waals surface area contributed by atoms with Crippen molar-refractivity contribution in [3.8, 4) is 6.07 Å². The largest absolute Gasteiger partial charge is 0.384 e. The van der Waals surface area contributed by atoms with E-state index < -0.39 is 0 Å². The van der Waals surface area contributed by atoms with Crippen molar-refractivity contribution in [2.75, 3.05) is 18.1 Å². The van der Waals surface area contributed by atoms with Gasteiger partial charge < -0.3 is 5.32 Å². The van der Waals surface area contributed by atoms with Crippen LogP contribution in [0.15, 0.2) is 23.1 Å². The molecule has 0 radical (unpaired) electrons. The van der Waals surface area contributed by atoms with Gasteiger partial charge in [0.1, 0.15) is 6.07 Å². The molecular formula is C13H18N2S. The Bertz CT molecular complexity index is 369. The lowest BCUT2D eigenvalue weighted by atomic mass is 10.2. The second kappa shape index (κ2) is 7.19. The van der Waals surface area contributed by atoms with Gasteiger partial charge in [-0.15, -0.1) is 11.8 Å². The molecule has 0 fully saturated rings. The molecule has 1 aromatic rings. The van der Waals surface area contributed by atoms with Crippen LogP contribution in [-0.4, -0.2) is 12.8 Å². The van der Waals surface area contributed by atoms with Crippen LogP contribution in [0.5, 0.6) is 0 Å². The number of hydrogen-bond donors (Lipinski definition) is 1. The van der Waals surface area contributed by atoms with Gasteiger partial charge in [0.25, 0.3) is 0 Å². The van der Waals surface area contributed by atoms with Crippen molar-refractivity contribution in [1.82, 2.24) is 0 Å². The maximum Gasteiger partial charge on any atom is 0.102 e. The van der Waals surface area contributed by atoms with Gasteiger partial charge in [-0.3, -0.25) is 0 Å². The van der Waals surface area contributed by atoms with E-state index in [1.807, 2.05) is 24.5 Å². The number of unbranched alkanes of at least 4 members (excludes halogenated alkanes) is 2. The molecule has 16 heavy (non-hydrogen) atoms. The van der Waals surface area contributed by atoms with Crippen LogP contribution in [0.25, 0.3) is 0 Å². The number of benzene rings is 1. The predicted molar refractivity (Wildman–Crippen MR) is 71.0 cm³/mol. The molecule has 0 aliphatic heterocycles. The van der Waals surface area contributed by atoms with E-state index in [-0.39, 0.29) is 0 Å². The van der Waals surface area contributed by atoms with Crippen LogP contribution in [0.2, 0.25) is 0 Å². The maximum atomic E-state index is 9.13. The molecule has 1 N–H and O–H groups in total. The highest BCUT2D eigenvalue weighted by atomic mass is 32.2. The van der Waals surface area contributed by atoms with Gasteiger partial charge in [-0.05, 0) is 24.8 Å². The van der Waals surface area contributed by atoms with E-state index in [2.05, 4.69) is 18.3 Å². The molecule has 1 rings (SSSR count). The second-order valence-corrected chi connectivity index (χ2v) is 4.48. The number of rotatable bonds is 6. The number of nitrogens with one attached hydrogen (secondary N) is 1. The van der Waals surface area contributed by atoms with Crippen molar-refractivity contribution in [2.45, 2.75) is 31.1 Å². The first kappa shape index (κ1) is 12.9. The standard InChI is InChI=1S/C13H18N2S/c1-3-4-5-9-15-12-7-6-8-13(16-2)11(12)10-14/h6-8,15H,3-5,9H2,1-2H3. The van der Waals surface area contributed by atoms with Gasteiger partial charge in [-0.2, -0.15) is 5.26 Å². The van der Waals surface area contributed by atoms with E-state index in [0.29, 0.717) is 0 Å². The van der Waals surface area contributed by atoms with Crippen molar-refractivity contribution in [3.05, 3.63) is 23.8 Å². The van der Waals surface area contributed by atoms with Crippen LogP contribution < -0.4 is 5.32 Å². The van der Waals surface area contributed by atoms with Crippen LogP contribution in [0, 0.1) is 11.3 Å². The minimum absolute atomic E-state index is 0.770. The Morgan fingerprint density at radius 2 is 2.19 bits per heavy atom. The molecule has 1 aromatic carbocycles. The summed E-state index contributed by atoms with van der Waals surface area (Å²) >= 11 is 1.62. The first-order valence-corrected chi connectivity index (χ1v) is 6.87. The molecule has 0 saturated carbocycles. The Labute approximate surface area is 102 Å². The summed E-state index contributed by atoms with van der Waals surface area (Å²) < 4.78 is 0. The molecule has 0 spiro atoms. The van der Waals surface area contributed by atoms with Gasteiger partial charge in [0, 0.05) is 11.4 Å². The highest BCUT2D eigenvalue weighted by molar-refractivity contribution is 7.98.